The van der Waals surface area contributed by atoms with Gasteiger partial charge in [-0.1, -0.05) is 0 Å². The number of Topliss-reactive ketones (excluding diaryl/α,β-unsaturated/α-hetero) is 1. The molecule has 8 heteroatoms. The van der Waals surface area contributed by atoms with Gasteiger partial charge in [-0.3, -0.25) is 4.79 Å². The molecular formula is C20H38N3O5+. The van der Waals surface area contributed by atoms with Crippen LogP contribution in [0.25, 0.3) is 0 Å². The van der Waals surface area contributed by atoms with Gasteiger partial charge in [0.1, 0.15) is 18.6 Å². The molecule has 2 aliphatic carbocycles. The number of piperidine rings is 1. The molecule has 0 aromatic rings. The van der Waals surface area contributed by atoms with Gasteiger partial charge in [0.25, 0.3) is 0 Å². The molecule has 4 unspecified atom stereocenters. The van der Waals surface area contributed by atoms with Gasteiger partial charge in [-0.25, -0.2) is 20.9 Å². The highest BCUT2D eigenvalue weighted by molar-refractivity contribution is 5.82. The first-order valence-electron chi connectivity index (χ1n) is 11.2. The minimum absolute atomic E-state index is 0.0514. The van der Waals surface area contributed by atoms with Crippen LogP contribution in [0.5, 0.6) is 0 Å². The Hall–Kier alpha value is -0.610. The maximum Gasteiger partial charge on any atom is 0.190 e. The number of ketones is 1. The molecule has 0 aromatic heterocycles. The molecule has 162 valence electrons. The van der Waals surface area contributed by atoms with Crippen LogP contribution in [0.15, 0.2) is 0 Å². The lowest BCUT2D eigenvalue weighted by Crippen LogP contribution is -3.14. The zero-order valence-electron chi connectivity index (χ0n) is 16.9. The van der Waals surface area contributed by atoms with Crippen molar-refractivity contribution in [1.29, 1.82) is 0 Å². The van der Waals surface area contributed by atoms with Gasteiger partial charge in [0.2, 0.25) is 0 Å². The lowest BCUT2D eigenvalue weighted by Gasteiger charge is -2.35. The third-order valence-electron chi connectivity index (χ3n) is 7.58. The Kier molecular flexibility index (Phi) is 8.22. The molecule has 8 nitrogen and oxygen atoms in total. The number of likely N-dealkylation sites (tertiary alicyclic amines) is 1. The Balaban J connectivity index is 1.34. The topological polar surface area (TPSA) is 117 Å². The Bertz CT molecular complexity index is 488. The van der Waals surface area contributed by atoms with Crippen molar-refractivity contribution in [2.45, 2.75) is 82.7 Å². The van der Waals surface area contributed by atoms with Gasteiger partial charge >= 0.3 is 0 Å². The van der Waals surface area contributed by atoms with Gasteiger partial charge in [-0.15, -0.1) is 0 Å². The summed E-state index contributed by atoms with van der Waals surface area (Å²) in [5.74, 6) is 1.62. The van der Waals surface area contributed by atoms with Crippen molar-refractivity contribution in [2.24, 2.45) is 17.8 Å². The number of hydrogen-bond acceptors (Lipinski definition) is 5. The van der Waals surface area contributed by atoms with Crippen molar-refractivity contribution in [3.05, 3.63) is 10.4 Å². The third-order valence-corrected chi connectivity index (χ3v) is 7.58. The van der Waals surface area contributed by atoms with Crippen molar-refractivity contribution < 1.29 is 30.6 Å². The van der Waals surface area contributed by atoms with E-state index in [1.165, 1.54) is 11.3 Å². The summed E-state index contributed by atoms with van der Waals surface area (Å²) in [6, 6.07) is -0.464. The van der Waals surface area contributed by atoms with E-state index in [0.29, 0.717) is 25.3 Å². The molecule has 3 aliphatic rings. The maximum atomic E-state index is 12.7. The Morgan fingerprint density at radius 1 is 0.857 bits per heavy atom. The van der Waals surface area contributed by atoms with Crippen LogP contribution in [0.4, 0.5) is 0 Å². The van der Waals surface area contributed by atoms with Crippen molar-refractivity contribution in [2.75, 3.05) is 19.6 Å². The van der Waals surface area contributed by atoms with Gasteiger partial charge in [0.05, 0.1) is 13.1 Å². The first kappa shape index (κ1) is 22.1. The van der Waals surface area contributed by atoms with Crippen LogP contribution in [-0.2, 0) is 4.79 Å². The van der Waals surface area contributed by atoms with Crippen molar-refractivity contribution >= 4 is 5.78 Å². The molecule has 4 atom stereocenters. The van der Waals surface area contributed by atoms with Crippen LogP contribution in [0, 0.1) is 28.2 Å². The number of rotatable bonds is 7. The Morgan fingerprint density at radius 3 is 2.07 bits per heavy atom. The summed E-state index contributed by atoms with van der Waals surface area (Å²) in [4.78, 5) is 14.0. The van der Waals surface area contributed by atoms with Gasteiger partial charge in [0.15, 0.2) is 5.78 Å². The first-order valence-corrected chi connectivity index (χ1v) is 11.2. The van der Waals surface area contributed by atoms with Crippen LogP contribution < -0.4 is 15.4 Å². The molecule has 1 aliphatic heterocycles. The zero-order valence-corrected chi connectivity index (χ0v) is 16.9. The van der Waals surface area contributed by atoms with E-state index in [9.17, 15) is 20.4 Å². The predicted molar refractivity (Wildman–Crippen MR) is 102 cm³/mol. The van der Waals surface area contributed by atoms with Crippen molar-refractivity contribution in [1.82, 2.24) is 0 Å². The molecule has 28 heavy (non-hydrogen) atoms. The zero-order chi connectivity index (χ0) is 20.1. The highest BCUT2D eigenvalue weighted by atomic mass is 16.8. The number of hydrogen-bond donors (Lipinski definition) is 5. The van der Waals surface area contributed by atoms with E-state index in [4.69, 9.17) is 5.21 Å². The lowest BCUT2D eigenvalue weighted by atomic mass is 9.78. The van der Waals surface area contributed by atoms with E-state index >= 15 is 0 Å². The number of carbonyl (C=O) groups excluding carboxylic acids is 1. The summed E-state index contributed by atoms with van der Waals surface area (Å²) in [6.45, 7) is 2.64. The molecule has 3 fully saturated rings. The van der Waals surface area contributed by atoms with E-state index in [2.05, 4.69) is 0 Å². The molecule has 1 heterocycles. The van der Waals surface area contributed by atoms with Crippen molar-refractivity contribution in [3.8, 4) is 0 Å². The molecule has 3 rings (SSSR count). The molecule has 1 saturated heterocycles. The molecule has 0 amide bonds. The largest absolute Gasteiger partial charge is 0.600 e. The lowest BCUT2D eigenvalue weighted by molar-refractivity contribution is -1.07. The number of quaternary nitrogens is 3. The third kappa shape index (κ3) is 6.19. The Morgan fingerprint density at radius 2 is 1.46 bits per heavy atom. The van der Waals surface area contributed by atoms with E-state index in [0.717, 1.165) is 70.4 Å². The quantitative estimate of drug-likeness (QED) is 0.348. The molecule has 0 bridgehead atoms. The standard InChI is InChI=1S/C20H37N3O5/c24-20(17-2-1-3-19(13-17)23(27)28)14-21-10-8-16(9-11-21)12-15-4-6-18(7-5-15)22(25)26/h15-19,22-23,25,27H,1-14H2/p+1. The minimum Gasteiger partial charge on any atom is -0.600 e. The summed E-state index contributed by atoms with van der Waals surface area (Å²) in [6.07, 6.45) is 10.3. The fourth-order valence-electron chi connectivity index (χ4n) is 5.71. The molecular weight excluding hydrogens is 362 g/mol. The fraction of sp³-hybridized carbons (Fsp3) is 0.950. The van der Waals surface area contributed by atoms with Crippen LogP contribution in [0.2, 0.25) is 0 Å². The van der Waals surface area contributed by atoms with E-state index < -0.39 is 10.5 Å². The minimum atomic E-state index is -0.747. The van der Waals surface area contributed by atoms with Crippen LogP contribution in [-0.4, -0.2) is 47.9 Å². The second-order valence-corrected chi connectivity index (χ2v) is 9.53. The summed E-state index contributed by atoms with van der Waals surface area (Å²) in [7, 11) is 0. The van der Waals surface area contributed by atoms with Gasteiger partial charge < -0.3 is 15.3 Å². The summed E-state index contributed by atoms with van der Waals surface area (Å²) in [5.41, 5.74) is 0. The second-order valence-electron chi connectivity index (χ2n) is 9.53. The van der Waals surface area contributed by atoms with E-state index in [-0.39, 0.29) is 23.8 Å². The van der Waals surface area contributed by atoms with E-state index in [1.807, 2.05) is 0 Å². The summed E-state index contributed by atoms with van der Waals surface area (Å²) in [5, 5.41) is 39.3. The normalized spacial score (nSPS) is 39.3. The molecule has 0 spiro atoms. The van der Waals surface area contributed by atoms with Gasteiger partial charge in [0, 0.05) is 31.6 Å². The average molecular weight is 401 g/mol. The smallest absolute Gasteiger partial charge is 0.190 e. The molecule has 5 N–H and O–H groups in total. The number of carbonyl (C=O) groups is 1. The number of hydroxylamine groups is 4. The van der Waals surface area contributed by atoms with E-state index in [1.54, 1.807) is 0 Å². The van der Waals surface area contributed by atoms with Gasteiger partial charge in [-0.05, 0) is 56.8 Å². The Labute approximate surface area is 167 Å². The predicted octanol–water partition coefficient (Wildman–Crippen LogP) is -1.10. The molecule has 0 radical (unpaired) electrons. The fourth-order valence-corrected chi connectivity index (χ4v) is 5.71. The number of nitrogens with one attached hydrogen (secondary N) is 3. The summed E-state index contributed by atoms with van der Waals surface area (Å²) < 4.78 is 0. The van der Waals surface area contributed by atoms with Crippen LogP contribution >= 0.6 is 0 Å². The molecule has 2 saturated carbocycles. The first-order chi connectivity index (χ1) is 13.4. The molecule has 0 aromatic carbocycles. The SMILES string of the molecule is O=C(C[NH+]1CCC(CC2CCC([NH+]([O-])O)CC2)CC1)C1CCCC([NH+]([O-])O)C1. The highest BCUT2D eigenvalue weighted by Gasteiger charge is 2.34. The monoisotopic (exact) mass is 400 g/mol. The van der Waals surface area contributed by atoms with Crippen LogP contribution in [0.1, 0.15) is 70.6 Å². The summed E-state index contributed by atoms with van der Waals surface area (Å²) >= 11 is 0. The van der Waals surface area contributed by atoms with Crippen LogP contribution in [0.3, 0.4) is 0 Å². The van der Waals surface area contributed by atoms with Crippen molar-refractivity contribution in [3.63, 3.8) is 0 Å². The average Bonchev–Trinajstić information content (AvgIpc) is 2.70. The maximum absolute atomic E-state index is 12.7. The highest BCUT2D eigenvalue weighted by Crippen LogP contribution is 2.31. The second kappa shape index (κ2) is 10.4. The van der Waals surface area contributed by atoms with Gasteiger partial charge in [-0.2, -0.15) is 0 Å².